The maximum Gasteiger partial charge on any atom is 0.226 e. The number of aryl methyl sites for hydroxylation is 2. The highest BCUT2D eigenvalue weighted by Crippen LogP contribution is 2.24. The predicted molar refractivity (Wildman–Crippen MR) is 81.5 cm³/mol. The fourth-order valence-corrected chi connectivity index (χ4v) is 3.03. The Morgan fingerprint density at radius 3 is 3.05 bits per heavy atom. The smallest absolute Gasteiger partial charge is 0.226 e. The fourth-order valence-electron chi connectivity index (χ4n) is 3.03. The van der Waals surface area contributed by atoms with Crippen molar-refractivity contribution in [3.8, 4) is 0 Å². The molecule has 4 heteroatoms. The van der Waals surface area contributed by atoms with Crippen LogP contribution in [0.3, 0.4) is 0 Å². The summed E-state index contributed by atoms with van der Waals surface area (Å²) in [7, 11) is 0. The third-order valence-corrected chi connectivity index (χ3v) is 4.18. The summed E-state index contributed by atoms with van der Waals surface area (Å²) in [5, 5.41) is 2.95. The molecule has 0 spiro atoms. The summed E-state index contributed by atoms with van der Waals surface area (Å²) in [4.78, 5) is 11.9. The van der Waals surface area contributed by atoms with Crippen molar-refractivity contribution in [3.05, 3.63) is 29.3 Å². The number of hydrogen-bond donors (Lipinski definition) is 1. The van der Waals surface area contributed by atoms with Gasteiger partial charge < -0.3 is 14.8 Å². The lowest BCUT2D eigenvalue weighted by Crippen LogP contribution is -2.18. The minimum absolute atomic E-state index is 0.0142. The van der Waals surface area contributed by atoms with Crippen LogP contribution >= 0.6 is 0 Å². The molecule has 1 saturated heterocycles. The molecule has 1 aromatic carbocycles. The van der Waals surface area contributed by atoms with Crippen molar-refractivity contribution in [1.29, 1.82) is 0 Å². The van der Waals surface area contributed by atoms with Crippen LogP contribution in [0, 0.1) is 0 Å². The van der Waals surface area contributed by atoms with Gasteiger partial charge >= 0.3 is 0 Å². The number of rotatable bonds is 6. The van der Waals surface area contributed by atoms with Crippen LogP contribution in [0.1, 0.15) is 36.8 Å². The van der Waals surface area contributed by atoms with Crippen molar-refractivity contribution < 1.29 is 14.3 Å². The zero-order chi connectivity index (χ0) is 14.5. The Labute approximate surface area is 125 Å². The van der Waals surface area contributed by atoms with Gasteiger partial charge in [0.25, 0.3) is 0 Å². The minimum Gasteiger partial charge on any atom is -0.378 e. The van der Waals surface area contributed by atoms with Crippen LogP contribution in [0.15, 0.2) is 18.2 Å². The highest BCUT2D eigenvalue weighted by molar-refractivity contribution is 5.90. The number of amides is 1. The third kappa shape index (κ3) is 4.05. The molecule has 1 fully saturated rings. The summed E-state index contributed by atoms with van der Waals surface area (Å²) < 4.78 is 11.0. The molecule has 1 heterocycles. The van der Waals surface area contributed by atoms with Crippen LogP contribution in [0.5, 0.6) is 0 Å². The van der Waals surface area contributed by atoms with Gasteiger partial charge in [0.15, 0.2) is 0 Å². The SMILES string of the molecule is O=C(CCOCC1CCCO1)Nc1ccc2c(c1)CCC2. The number of fused-ring (bicyclic) bond motifs is 1. The summed E-state index contributed by atoms with van der Waals surface area (Å²) in [6.07, 6.45) is 6.33. The van der Waals surface area contributed by atoms with E-state index >= 15 is 0 Å². The van der Waals surface area contributed by atoms with Gasteiger partial charge in [-0.25, -0.2) is 0 Å². The molecule has 0 saturated carbocycles. The monoisotopic (exact) mass is 289 g/mol. The number of carbonyl (C=O) groups is 1. The fraction of sp³-hybridized carbons (Fsp3) is 0.588. The lowest BCUT2D eigenvalue weighted by Gasteiger charge is -2.10. The van der Waals surface area contributed by atoms with Crippen LogP contribution < -0.4 is 5.32 Å². The van der Waals surface area contributed by atoms with E-state index in [0.717, 1.165) is 31.6 Å². The Balaban J connectivity index is 1.37. The van der Waals surface area contributed by atoms with Gasteiger partial charge in [0, 0.05) is 12.3 Å². The van der Waals surface area contributed by atoms with Crippen LogP contribution in [0.25, 0.3) is 0 Å². The van der Waals surface area contributed by atoms with E-state index in [-0.39, 0.29) is 12.0 Å². The molecule has 1 amide bonds. The van der Waals surface area contributed by atoms with Gasteiger partial charge in [0.1, 0.15) is 0 Å². The minimum atomic E-state index is 0.0142. The molecule has 1 aliphatic heterocycles. The van der Waals surface area contributed by atoms with Crippen molar-refractivity contribution in [2.45, 2.75) is 44.6 Å². The van der Waals surface area contributed by atoms with Crippen LogP contribution in [0.2, 0.25) is 0 Å². The van der Waals surface area contributed by atoms with E-state index in [1.165, 1.54) is 24.0 Å². The lowest BCUT2D eigenvalue weighted by molar-refractivity contribution is -0.117. The Kier molecular flexibility index (Phi) is 4.88. The number of carbonyl (C=O) groups excluding carboxylic acids is 1. The van der Waals surface area contributed by atoms with E-state index in [1.807, 2.05) is 6.07 Å². The molecule has 3 rings (SSSR count). The van der Waals surface area contributed by atoms with E-state index in [0.29, 0.717) is 19.6 Å². The van der Waals surface area contributed by atoms with Crippen molar-refractivity contribution in [3.63, 3.8) is 0 Å². The maximum absolute atomic E-state index is 11.9. The second-order valence-corrected chi connectivity index (χ2v) is 5.85. The predicted octanol–water partition coefficient (Wildman–Crippen LogP) is 2.70. The van der Waals surface area contributed by atoms with Crippen LogP contribution in [-0.4, -0.2) is 31.8 Å². The summed E-state index contributed by atoms with van der Waals surface area (Å²) in [6, 6.07) is 6.23. The largest absolute Gasteiger partial charge is 0.378 e. The highest BCUT2D eigenvalue weighted by atomic mass is 16.5. The third-order valence-electron chi connectivity index (χ3n) is 4.18. The molecule has 0 bridgehead atoms. The first-order chi connectivity index (χ1) is 10.3. The van der Waals surface area contributed by atoms with Crippen LogP contribution in [-0.2, 0) is 27.1 Å². The molecule has 0 radical (unpaired) electrons. The Hall–Kier alpha value is -1.39. The molecule has 1 unspecified atom stereocenters. The molecule has 1 atom stereocenters. The van der Waals surface area contributed by atoms with Gasteiger partial charge in [0.2, 0.25) is 5.91 Å². The van der Waals surface area contributed by atoms with Crippen molar-refractivity contribution in [1.82, 2.24) is 0 Å². The first kappa shape index (κ1) is 14.5. The summed E-state index contributed by atoms with van der Waals surface area (Å²) >= 11 is 0. The Bertz CT molecular complexity index is 495. The first-order valence-corrected chi connectivity index (χ1v) is 7.92. The van der Waals surface area contributed by atoms with E-state index in [2.05, 4.69) is 17.4 Å². The van der Waals surface area contributed by atoms with Crippen molar-refractivity contribution >= 4 is 11.6 Å². The van der Waals surface area contributed by atoms with Crippen molar-refractivity contribution in [2.24, 2.45) is 0 Å². The van der Waals surface area contributed by atoms with Crippen LogP contribution in [0.4, 0.5) is 5.69 Å². The molecule has 1 N–H and O–H groups in total. The molecule has 4 nitrogen and oxygen atoms in total. The summed E-state index contributed by atoms with van der Waals surface area (Å²) in [6.45, 7) is 1.90. The number of hydrogen-bond acceptors (Lipinski definition) is 3. The number of benzene rings is 1. The topological polar surface area (TPSA) is 47.6 Å². The molecule has 1 aliphatic carbocycles. The number of nitrogens with one attached hydrogen (secondary N) is 1. The molecule has 0 aromatic heterocycles. The summed E-state index contributed by atoms with van der Waals surface area (Å²) in [5.41, 5.74) is 3.70. The average Bonchev–Trinajstić information content (AvgIpc) is 3.14. The molecule has 2 aliphatic rings. The van der Waals surface area contributed by atoms with E-state index in [9.17, 15) is 4.79 Å². The first-order valence-electron chi connectivity index (χ1n) is 7.92. The highest BCUT2D eigenvalue weighted by Gasteiger charge is 2.15. The van der Waals surface area contributed by atoms with E-state index < -0.39 is 0 Å². The second-order valence-electron chi connectivity index (χ2n) is 5.85. The van der Waals surface area contributed by atoms with Gasteiger partial charge in [-0.15, -0.1) is 0 Å². The van der Waals surface area contributed by atoms with E-state index in [4.69, 9.17) is 9.47 Å². The quantitative estimate of drug-likeness (QED) is 0.819. The molecular weight excluding hydrogens is 266 g/mol. The number of anilines is 1. The molecular formula is C17H23NO3. The Morgan fingerprint density at radius 2 is 2.19 bits per heavy atom. The normalized spacial score (nSPS) is 20.5. The molecule has 1 aromatic rings. The molecule has 114 valence electrons. The van der Waals surface area contributed by atoms with Crippen molar-refractivity contribution in [2.75, 3.05) is 25.1 Å². The average molecular weight is 289 g/mol. The van der Waals surface area contributed by atoms with E-state index in [1.54, 1.807) is 0 Å². The zero-order valence-electron chi connectivity index (χ0n) is 12.4. The van der Waals surface area contributed by atoms with Gasteiger partial charge in [-0.05, 0) is 55.4 Å². The van der Waals surface area contributed by atoms with Gasteiger partial charge in [-0.3, -0.25) is 4.79 Å². The van der Waals surface area contributed by atoms with Gasteiger partial charge in [-0.2, -0.15) is 0 Å². The number of ether oxygens (including phenoxy) is 2. The zero-order valence-corrected chi connectivity index (χ0v) is 12.4. The standard InChI is InChI=1S/C17H23NO3/c19-17(8-10-20-12-16-5-2-9-21-16)18-15-7-6-13-3-1-4-14(13)11-15/h6-7,11,16H,1-5,8-10,12H2,(H,18,19). The second kappa shape index (κ2) is 7.05. The molecule has 21 heavy (non-hydrogen) atoms. The maximum atomic E-state index is 11.9. The van der Waals surface area contributed by atoms with Gasteiger partial charge in [-0.1, -0.05) is 6.07 Å². The van der Waals surface area contributed by atoms with Gasteiger partial charge in [0.05, 0.1) is 25.7 Å². The Morgan fingerprint density at radius 1 is 1.29 bits per heavy atom. The lowest BCUT2D eigenvalue weighted by atomic mass is 10.1. The summed E-state index contributed by atoms with van der Waals surface area (Å²) in [5.74, 6) is 0.0142.